The Balaban J connectivity index is 1.28. The van der Waals surface area contributed by atoms with Gasteiger partial charge in [-0.1, -0.05) is 0 Å². The molecule has 10 nitrogen and oxygen atoms in total. The Labute approximate surface area is 194 Å². The third-order valence-electron chi connectivity index (χ3n) is 6.18. The fourth-order valence-corrected chi connectivity index (χ4v) is 4.45. The van der Waals surface area contributed by atoms with Gasteiger partial charge >= 0.3 is 0 Å². The molecule has 2 aliphatic heterocycles. The Morgan fingerprint density at radius 2 is 1.00 bits per heavy atom. The third kappa shape index (κ3) is 4.94. The molecule has 0 aromatic carbocycles. The van der Waals surface area contributed by atoms with Crippen LogP contribution in [0.2, 0.25) is 0 Å². The zero-order valence-electron chi connectivity index (χ0n) is 19.1. The Bertz CT molecular complexity index is 1030. The summed E-state index contributed by atoms with van der Waals surface area (Å²) in [5.74, 6) is 3.43. The summed E-state index contributed by atoms with van der Waals surface area (Å²) in [5.41, 5.74) is 1.11. The lowest BCUT2D eigenvalue weighted by Gasteiger charge is -2.26. The van der Waals surface area contributed by atoms with Gasteiger partial charge in [0.15, 0.2) is 0 Å². The first-order chi connectivity index (χ1) is 16.3. The number of rotatable bonds is 4. The van der Waals surface area contributed by atoms with E-state index in [0.29, 0.717) is 0 Å². The molecule has 5 heterocycles. The third-order valence-corrected chi connectivity index (χ3v) is 6.18. The van der Waals surface area contributed by atoms with Gasteiger partial charge < -0.3 is 19.6 Å². The summed E-state index contributed by atoms with van der Waals surface area (Å²) in [6.07, 6.45) is 11.2. The van der Waals surface area contributed by atoms with Crippen LogP contribution < -0.4 is 19.6 Å². The van der Waals surface area contributed by atoms with Crippen molar-refractivity contribution in [2.45, 2.75) is 19.8 Å². The lowest BCUT2D eigenvalue weighted by Crippen LogP contribution is -2.34. The molecule has 2 aliphatic rings. The van der Waals surface area contributed by atoms with Gasteiger partial charge in [0.2, 0.25) is 17.8 Å². The summed E-state index contributed by atoms with van der Waals surface area (Å²) in [6, 6.07) is 3.71. The number of hydrogen-bond donors (Lipinski definition) is 0. The predicted octanol–water partition coefficient (Wildman–Crippen LogP) is 1.80. The summed E-state index contributed by atoms with van der Waals surface area (Å²) >= 11 is 0. The Kier molecular flexibility index (Phi) is 6.41. The van der Waals surface area contributed by atoms with E-state index in [-0.39, 0.29) is 0 Å². The first kappa shape index (κ1) is 21.3. The molecule has 0 atom stereocenters. The van der Waals surface area contributed by atoms with E-state index < -0.39 is 0 Å². The van der Waals surface area contributed by atoms with E-state index >= 15 is 0 Å². The van der Waals surface area contributed by atoms with E-state index in [1.54, 1.807) is 24.8 Å². The monoisotopic (exact) mass is 446 g/mol. The number of nitrogens with zero attached hydrogens (tertiary/aromatic N) is 10. The van der Waals surface area contributed by atoms with Crippen molar-refractivity contribution in [3.8, 4) is 0 Å². The number of anilines is 4. The summed E-state index contributed by atoms with van der Waals surface area (Å²) in [6.45, 7) is 9.31. The smallest absolute Gasteiger partial charge is 0.227 e. The minimum absolute atomic E-state index is 0.793. The molecule has 3 aromatic heterocycles. The molecule has 0 aliphatic carbocycles. The van der Waals surface area contributed by atoms with E-state index in [1.165, 1.54) is 0 Å². The van der Waals surface area contributed by atoms with Crippen molar-refractivity contribution in [2.75, 3.05) is 72.0 Å². The van der Waals surface area contributed by atoms with Gasteiger partial charge in [0, 0.05) is 88.9 Å². The lowest BCUT2D eigenvalue weighted by atomic mass is 10.3. The molecule has 2 fully saturated rings. The van der Waals surface area contributed by atoms with Crippen molar-refractivity contribution in [1.29, 1.82) is 0 Å². The molecule has 33 heavy (non-hydrogen) atoms. The normalized spacial score (nSPS) is 17.6. The molecule has 0 unspecified atom stereocenters. The SMILES string of the molecule is Cc1cnc(N2CCCN(c3ncccn3)CC2)nc1N1CCCN(c2ncccn2)CC1. The van der Waals surface area contributed by atoms with E-state index in [4.69, 9.17) is 9.97 Å². The van der Waals surface area contributed by atoms with E-state index in [2.05, 4.69) is 46.5 Å². The Morgan fingerprint density at radius 3 is 1.55 bits per heavy atom. The average Bonchev–Trinajstić information content (AvgIpc) is 3.27. The second kappa shape index (κ2) is 9.93. The molecular weight excluding hydrogens is 416 g/mol. The number of aromatic nitrogens is 6. The first-order valence-electron chi connectivity index (χ1n) is 11.7. The van der Waals surface area contributed by atoms with Crippen molar-refractivity contribution in [3.63, 3.8) is 0 Å². The minimum Gasteiger partial charge on any atom is -0.354 e. The highest BCUT2D eigenvalue weighted by molar-refractivity contribution is 5.51. The molecule has 2 saturated heterocycles. The van der Waals surface area contributed by atoms with Crippen molar-refractivity contribution < 1.29 is 0 Å². The van der Waals surface area contributed by atoms with Crippen LogP contribution in [0.3, 0.4) is 0 Å². The van der Waals surface area contributed by atoms with Crippen LogP contribution in [0, 0.1) is 6.92 Å². The standard InChI is InChI=1S/C23H30N10/c1-19-18-28-23(33-13-5-12-32(16-17-33)22-26-8-3-9-27-22)29-20(19)30-10-4-11-31(15-14-30)21-24-6-2-7-25-21/h2-3,6-9,18H,4-5,10-17H2,1H3. The van der Waals surface area contributed by atoms with Gasteiger partial charge in [-0.15, -0.1) is 0 Å². The second-order valence-electron chi connectivity index (χ2n) is 8.43. The first-order valence-corrected chi connectivity index (χ1v) is 11.7. The van der Waals surface area contributed by atoms with Crippen LogP contribution in [-0.4, -0.2) is 82.3 Å². The zero-order valence-corrected chi connectivity index (χ0v) is 19.1. The van der Waals surface area contributed by atoms with E-state index in [9.17, 15) is 0 Å². The molecule has 0 bridgehead atoms. The summed E-state index contributed by atoms with van der Waals surface area (Å²) in [5, 5.41) is 0. The van der Waals surface area contributed by atoms with Gasteiger partial charge in [0.25, 0.3) is 0 Å². The Morgan fingerprint density at radius 1 is 0.545 bits per heavy atom. The van der Waals surface area contributed by atoms with E-state index in [0.717, 1.165) is 94.4 Å². The molecular formula is C23H30N10. The van der Waals surface area contributed by atoms with Crippen molar-refractivity contribution >= 4 is 23.7 Å². The topological polar surface area (TPSA) is 90.3 Å². The molecule has 0 spiro atoms. The van der Waals surface area contributed by atoms with E-state index in [1.807, 2.05) is 18.3 Å². The molecule has 10 heteroatoms. The van der Waals surface area contributed by atoms with Crippen LogP contribution in [0.1, 0.15) is 18.4 Å². The maximum Gasteiger partial charge on any atom is 0.227 e. The zero-order chi connectivity index (χ0) is 22.5. The lowest BCUT2D eigenvalue weighted by molar-refractivity contribution is 0.760. The molecule has 0 radical (unpaired) electrons. The van der Waals surface area contributed by atoms with Gasteiger partial charge in [-0.2, -0.15) is 4.98 Å². The van der Waals surface area contributed by atoms with Gasteiger partial charge in [0.05, 0.1) is 0 Å². The van der Waals surface area contributed by atoms with Crippen LogP contribution in [0.4, 0.5) is 23.7 Å². The van der Waals surface area contributed by atoms with Crippen LogP contribution in [-0.2, 0) is 0 Å². The van der Waals surface area contributed by atoms with Crippen LogP contribution in [0.5, 0.6) is 0 Å². The van der Waals surface area contributed by atoms with Gasteiger partial charge in [-0.25, -0.2) is 24.9 Å². The summed E-state index contributed by atoms with van der Waals surface area (Å²) < 4.78 is 0. The fourth-order valence-electron chi connectivity index (χ4n) is 4.45. The quantitative estimate of drug-likeness (QED) is 0.591. The molecule has 0 saturated carbocycles. The molecule has 3 aromatic rings. The average molecular weight is 447 g/mol. The maximum atomic E-state index is 5.04. The van der Waals surface area contributed by atoms with Gasteiger partial charge in [-0.3, -0.25) is 0 Å². The molecule has 172 valence electrons. The maximum absolute atomic E-state index is 5.04. The predicted molar refractivity (Wildman–Crippen MR) is 129 cm³/mol. The summed E-state index contributed by atoms with van der Waals surface area (Å²) in [7, 11) is 0. The van der Waals surface area contributed by atoms with Crippen molar-refractivity contribution in [3.05, 3.63) is 48.7 Å². The number of hydrogen-bond acceptors (Lipinski definition) is 10. The second-order valence-corrected chi connectivity index (χ2v) is 8.43. The highest BCUT2D eigenvalue weighted by Gasteiger charge is 2.22. The van der Waals surface area contributed by atoms with Gasteiger partial charge in [0.1, 0.15) is 5.82 Å². The van der Waals surface area contributed by atoms with Gasteiger partial charge in [-0.05, 0) is 31.9 Å². The van der Waals surface area contributed by atoms with Crippen LogP contribution in [0.15, 0.2) is 43.1 Å². The van der Waals surface area contributed by atoms with Crippen molar-refractivity contribution in [2.24, 2.45) is 0 Å². The number of aryl methyl sites for hydroxylation is 1. The minimum atomic E-state index is 0.793. The molecule has 5 rings (SSSR count). The van der Waals surface area contributed by atoms with Crippen LogP contribution in [0.25, 0.3) is 0 Å². The summed E-state index contributed by atoms with van der Waals surface area (Å²) in [4.78, 5) is 36.6. The highest BCUT2D eigenvalue weighted by atomic mass is 15.3. The molecule has 0 amide bonds. The largest absolute Gasteiger partial charge is 0.354 e. The fraction of sp³-hybridized carbons (Fsp3) is 0.478. The Hall–Kier alpha value is -3.56. The highest BCUT2D eigenvalue weighted by Crippen LogP contribution is 2.23. The molecule has 0 N–H and O–H groups in total. The van der Waals surface area contributed by atoms with Crippen molar-refractivity contribution in [1.82, 2.24) is 29.9 Å². The van der Waals surface area contributed by atoms with Crippen LogP contribution >= 0.6 is 0 Å².